The number of aliphatic hydroxyl groups is 1. The predicted octanol–water partition coefficient (Wildman–Crippen LogP) is 1.90. The molecule has 0 aliphatic heterocycles. The lowest BCUT2D eigenvalue weighted by atomic mass is 10.1. The third-order valence-corrected chi connectivity index (χ3v) is 2.53. The van der Waals surface area contributed by atoms with Gasteiger partial charge in [-0.1, -0.05) is 36.9 Å². The Balaban J connectivity index is 2.68. The van der Waals surface area contributed by atoms with Crippen LogP contribution in [0.3, 0.4) is 0 Å². The largest absolute Gasteiger partial charge is 0.391 e. The van der Waals surface area contributed by atoms with Crippen LogP contribution in [-0.2, 0) is 6.54 Å². The Morgan fingerprint density at radius 1 is 1.27 bits per heavy atom. The van der Waals surface area contributed by atoms with E-state index in [1.165, 1.54) is 5.56 Å². The molecule has 82 valence electrons. The van der Waals surface area contributed by atoms with Crippen molar-refractivity contribution in [2.75, 3.05) is 27.2 Å². The van der Waals surface area contributed by atoms with Crippen LogP contribution in [0.4, 0.5) is 0 Å². The zero-order valence-corrected chi connectivity index (χ0v) is 9.61. The lowest BCUT2D eigenvalue weighted by molar-refractivity contribution is -0.903. The molecule has 2 nitrogen and oxygen atoms in total. The van der Waals surface area contributed by atoms with E-state index in [1.807, 2.05) is 6.08 Å². The number of aliphatic hydroxyl groups excluding tert-OH is 1. The molecule has 0 aliphatic rings. The van der Waals surface area contributed by atoms with Crippen LogP contribution < -0.4 is 0 Å². The smallest absolute Gasteiger partial charge is 0.104 e. The van der Waals surface area contributed by atoms with Gasteiger partial charge in [-0.2, -0.15) is 0 Å². The highest BCUT2D eigenvalue weighted by molar-refractivity contribution is 5.47. The van der Waals surface area contributed by atoms with Crippen LogP contribution >= 0.6 is 0 Å². The highest BCUT2D eigenvalue weighted by Crippen LogP contribution is 2.11. The fraction of sp³-hybridized carbons (Fsp3) is 0.385. The molecule has 0 spiro atoms. The molecule has 0 heterocycles. The summed E-state index contributed by atoms with van der Waals surface area (Å²) < 4.78 is 0.809. The summed E-state index contributed by atoms with van der Waals surface area (Å²) in [6.07, 6.45) is 1.84. The third-order valence-electron chi connectivity index (χ3n) is 2.53. The van der Waals surface area contributed by atoms with Crippen molar-refractivity contribution >= 4 is 6.08 Å². The molecule has 0 unspecified atom stereocenters. The van der Waals surface area contributed by atoms with Gasteiger partial charge in [-0.15, -0.1) is 0 Å². The Morgan fingerprint density at radius 2 is 1.87 bits per heavy atom. The van der Waals surface area contributed by atoms with Crippen molar-refractivity contribution in [3.05, 3.63) is 42.0 Å². The fourth-order valence-corrected chi connectivity index (χ4v) is 1.60. The van der Waals surface area contributed by atoms with E-state index in [4.69, 9.17) is 5.11 Å². The maximum atomic E-state index is 8.93. The number of quaternary nitrogens is 1. The van der Waals surface area contributed by atoms with Crippen LogP contribution in [0, 0.1) is 0 Å². The van der Waals surface area contributed by atoms with Crippen molar-refractivity contribution in [3.63, 3.8) is 0 Å². The van der Waals surface area contributed by atoms with Crippen LogP contribution in [0.5, 0.6) is 0 Å². The van der Waals surface area contributed by atoms with Gasteiger partial charge in [0.1, 0.15) is 13.1 Å². The van der Waals surface area contributed by atoms with Gasteiger partial charge in [0.25, 0.3) is 0 Å². The van der Waals surface area contributed by atoms with Crippen molar-refractivity contribution in [1.29, 1.82) is 0 Å². The molecule has 0 saturated heterocycles. The average Bonchev–Trinajstić information content (AvgIpc) is 2.18. The maximum Gasteiger partial charge on any atom is 0.104 e. The molecule has 0 aliphatic carbocycles. The van der Waals surface area contributed by atoms with Crippen LogP contribution in [0.1, 0.15) is 11.1 Å². The van der Waals surface area contributed by atoms with E-state index in [1.54, 1.807) is 0 Å². The van der Waals surface area contributed by atoms with Gasteiger partial charge in [0, 0.05) is 5.56 Å². The normalized spacial score (nSPS) is 11.4. The molecular formula is C13H20NO+. The summed E-state index contributed by atoms with van der Waals surface area (Å²) in [4.78, 5) is 0. The first kappa shape index (κ1) is 12.0. The van der Waals surface area contributed by atoms with Crippen molar-refractivity contribution in [2.45, 2.75) is 6.54 Å². The minimum Gasteiger partial charge on any atom is -0.391 e. The molecule has 2 heteroatoms. The Bertz CT molecular complexity index is 314. The van der Waals surface area contributed by atoms with Crippen LogP contribution in [-0.4, -0.2) is 36.8 Å². The number of nitrogens with zero attached hydrogens (tertiary/aromatic N) is 1. The van der Waals surface area contributed by atoms with Gasteiger partial charge in [0.2, 0.25) is 0 Å². The fourth-order valence-electron chi connectivity index (χ4n) is 1.60. The van der Waals surface area contributed by atoms with Crippen molar-refractivity contribution in [3.8, 4) is 0 Å². The van der Waals surface area contributed by atoms with Gasteiger partial charge >= 0.3 is 0 Å². The summed E-state index contributed by atoms with van der Waals surface area (Å²) in [6.45, 7) is 5.68. The summed E-state index contributed by atoms with van der Waals surface area (Å²) in [7, 11) is 4.25. The summed E-state index contributed by atoms with van der Waals surface area (Å²) in [5.74, 6) is 0. The SMILES string of the molecule is C=Cc1ccc(C[N+](C)(C)CCO)cc1. The molecule has 1 N–H and O–H groups in total. The van der Waals surface area contributed by atoms with Crippen molar-refractivity contribution in [2.24, 2.45) is 0 Å². The standard InChI is InChI=1S/C13H20NO/c1-4-12-5-7-13(8-6-12)11-14(2,3)9-10-15/h4-8,15H,1,9-11H2,2-3H3/q+1. The van der Waals surface area contributed by atoms with E-state index in [0.717, 1.165) is 23.1 Å². The first-order valence-corrected chi connectivity index (χ1v) is 5.21. The van der Waals surface area contributed by atoms with E-state index in [2.05, 4.69) is 44.9 Å². The highest BCUT2D eigenvalue weighted by atomic mass is 16.3. The van der Waals surface area contributed by atoms with Gasteiger partial charge in [0.15, 0.2) is 0 Å². The van der Waals surface area contributed by atoms with Crippen molar-refractivity contribution < 1.29 is 9.59 Å². The van der Waals surface area contributed by atoms with E-state index < -0.39 is 0 Å². The number of rotatable bonds is 5. The Kier molecular flexibility index (Phi) is 4.06. The molecule has 1 rings (SSSR count). The maximum absolute atomic E-state index is 8.93. The lowest BCUT2D eigenvalue weighted by Gasteiger charge is -2.29. The van der Waals surface area contributed by atoms with Crippen LogP contribution in [0.2, 0.25) is 0 Å². The second kappa shape index (κ2) is 5.10. The predicted molar refractivity (Wildman–Crippen MR) is 64.3 cm³/mol. The molecule has 0 radical (unpaired) electrons. The van der Waals surface area contributed by atoms with Crippen LogP contribution in [0.15, 0.2) is 30.8 Å². The second-order valence-corrected chi connectivity index (χ2v) is 4.49. The number of hydrogen-bond acceptors (Lipinski definition) is 1. The Hall–Kier alpha value is -1.12. The quantitative estimate of drug-likeness (QED) is 0.730. The summed E-state index contributed by atoms with van der Waals surface area (Å²) in [6, 6.07) is 8.38. The Morgan fingerprint density at radius 3 is 2.33 bits per heavy atom. The van der Waals surface area contributed by atoms with E-state index >= 15 is 0 Å². The number of hydrogen-bond donors (Lipinski definition) is 1. The first-order chi connectivity index (χ1) is 7.07. The number of benzene rings is 1. The van der Waals surface area contributed by atoms with E-state index in [9.17, 15) is 0 Å². The lowest BCUT2D eigenvalue weighted by Crippen LogP contribution is -2.40. The van der Waals surface area contributed by atoms with Gasteiger partial charge in [-0.25, -0.2) is 0 Å². The molecule has 0 bridgehead atoms. The average molecular weight is 206 g/mol. The van der Waals surface area contributed by atoms with E-state index in [-0.39, 0.29) is 6.61 Å². The van der Waals surface area contributed by atoms with Gasteiger partial charge in [-0.05, 0) is 5.56 Å². The molecule has 0 atom stereocenters. The molecule has 15 heavy (non-hydrogen) atoms. The molecular weight excluding hydrogens is 186 g/mol. The monoisotopic (exact) mass is 206 g/mol. The van der Waals surface area contributed by atoms with Crippen LogP contribution in [0.25, 0.3) is 6.08 Å². The highest BCUT2D eigenvalue weighted by Gasteiger charge is 2.14. The molecule has 1 aromatic carbocycles. The molecule has 0 aromatic heterocycles. The molecule has 0 fully saturated rings. The summed E-state index contributed by atoms with van der Waals surface area (Å²) in [5.41, 5.74) is 2.44. The summed E-state index contributed by atoms with van der Waals surface area (Å²) >= 11 is 0. The molecule has 0 amide bonds. The van der Waals surface area contributed by atoms with Gasteiger partial charge < -0.3 is 9.59 Å². The Labute approximate surface area is 92.1 Å². The minimum atomic E-state index is 0.234. The minimum absolute atomic E-state index is 0.234. The van der Waals surface area contributed by atoms with Gasteiger partial charge in [-0.3, -0.25) is 0 Å². The van der Waals surface area contributed by atoms with Gasteiger partial charge in [0.05, 0.1) is 20.7 Å². The zero-order valence-electron chi connectivity index (χ0n) is 9.61. The summed E-state index contributed by atoms with van der Waals surface area (Å²) in [5, 5.41) is 8.93. The second-order valence-electron chi connectivity index (χ2n) is 4.49. The topological polar surface area (TPSA) is 20.2 Å². The zero-order chi connectivity index (χ0) is 11.3. The third kappa shape index (κ3) is 3.86. The molecule has 1 aromatic rings. The molecule has 0 saturated carbocycles. The first-order valence-electron chi connectivity index (χ1n) is 5.21. The van der Waals surface area contributed by atoms with Crippen molar-refractivity contribution in [1.82, 2.24) is 0 Å². The number of likely N-dealkylation sites (N-methyl/N-ethyl adjacent to an activating group) is 1. The van der Waals surface area contributed by atoms with E-state index in [0.29, 0.717) is 0 Å².